The molecule has 0 aliphatic carbocycles. The third kappa shape index (κ3) is 5.44. The normalized spacial score (nSPS) is 17.7. The fourth-order valence-corrected chi connectivity index (χ4v) is 1.69. The van der Waals surface area contributed by atoms with Crippen molar-refractivity contribution in [1.82, 2.24) is 9.80 Å². The Bertz CT molecular complexity index is 172. The molecule has 14 heavy (non-hydrogen) atoms. The molecule has 1 heterocycles. The van der Waals surface area contributed by atoms with Gasteiger partial charge in [-0.25, -0.2) is 0 Å². The van der Waals surface area contributed by atoms with E-state index in [1.807, 2.05) is 4.90 Å². The Morgan fingerprint density at radius 1 is 1.29 bits per heavy atom. The first-order valence-electron chi connectivity index (χ1n) is 4.78. The van der Waals surface area contributed by atoms with Gasteiger partial charge in [-0.15, -0.1) is 11.6 Å². The Morgan fingerprint density at radius 3 is 2.29 bits per heavy atom. The summed E-state index contributed by atoms with van der Waals surface area (Å²) in [5, 5.41) is 0. The van der Waals surface area contributed by atoms with Crippen molar-refractivity contribution in [2.45, 2.75) is 13.3 Å². The van der Waals surface area contributed by atoms with Crippen LogP contribution in [-0.2, 0) is 4.79 Å². The molecule has 0 unspecified atom stereocenters. The first-order chi connectivity index (χ1) is 6.24. The van der Waals surface area contributed by atoms with Gasteiger partial charge >= 0.3 is 0 Å². The van der Waals surface area contributed by atoms with Gasteiger partial charge in [0.15, 0.2) is 0 Å². The number of hydrogen-bond acceptors (Lipinski definition) is 2. The second kappa shape index (κ2) is 8.50. The molecule has 1 fully saturated rings. The van der Waals surface area contributed by atoms with E-state index in [1.165, 1.54) is 0 Å². The topological polar surface area (TPSA) is 23.6 Å². The summed E-state index contributed by atoms with van der Waals surface area (Å²) in [6.07, 6.45) is 1.04. The van der Waals surface area contributed by atoms with Crippen molar-refractivity contribution in [2.24, 2.45) is 0 Å². The predicted octanol–water partition coefficient (Wildman–Crippen LogP) is 0.399. The van der Waals surface area contributed by atoms with Crippen molar-refractivity contribution in [3.8, 4) is 0 Å². The minimum absolute atomic E-state index is 0. The minimum Gasteiger partial charge on any atom is -0.340 e. The van der Waals surface area contributed by atoms with Crippen LogP contribution < -0.4 is 0 Å². The third-order valence-electron chi connectivity index (χ3n) is 2.43. The number of piperazine rings is 1. The van der Waals surface area contributed by atoms with E-state index < -0.39 is 0 Å². The number of nitrogens with zero attached hydrogens (tertiary/aromatic N) is 2. The molecule has 1 amide bonds. The summed E-state index contributed by atoms with van der Waals surface area (Å²) in [6, 6.07) is 0. The molecule has 1 rings (SSSR count). The molecule has 0 spiro atoms. The zero-order valence-electron chi connectivity index (χ0n) is 9.13. The number of hydrogen-bond donors (Lipinski definition) is 0. The van der Waals surface area contributed by atoms with Gasteiger partial charge in [0.2, 0.25) is 5.91 Å². The van der Waals surface area contributed by atoms with Crippen molar-refractivity contribution in [3.05, 3.63) is 0 Å². The third-order valence-corrected chi connectivity index (χ3v) is 2.69. The number of halogens is 1. The van der Waals surface area contributed by atoms with Crippen LogP contribution in [0, 0.1) is 0 Å². The molecule has 0 aromatic heterocycles. The van der Waals surface area contributed by atoms with Gasteiger partial charge in [-0.1, -0.05) is 0 Å². The van der Waals surface area contributed by atoms with Crippen LogP contribution in [0.2, 0.25) is 0 Å². The standard InChI is InChI=1S/C9H17ClN2O.K/c1-9(13)12-7-5-11(6-8-12)4-2-3-10;/h2-8H2,1H3;. The molecule has 0 aromatic carbocycles. The Labute approximate surface area is 134 Å². The molecule has 1 aliphatic rings. The summed E-state index contributed by atoms with van der Waals surface area (Å²) in [5.41, 5.74) is 0. The van der Waals surface area contributed by atoms with Crippen molar-refractivity contribution < 1.29 is 4.79 Å². The maximum atomic E-state index is 11.0. The Kier molecular flexibility index (Phi) is 9.33. The average Bonchev–Trinajstić information content (AvgIpc) is 2.15. The monoisotopic (exact) mass is 243 g/mol. The number of carbonyl (C=O) groups excluding carboxylic acids is 1. The van der Waals surface area contributed by atoms with Crippen molar-refractivity contribution in [3.63, 3.8) is 0 Å². The van der Waals surface area contributed by atoms with Gasteiger partial charge in [-0.3, -0.25) is 9.69 Å². The fourth-order valence-electron chi connectivity index (χ4n) is 1.57. The van der Waals surface area contributed by atoms with Crippen LogP contribution in [0.5, 0.6) is 0 Å². The predicted molar refractivity (Wildman–Crippen MR) is 59.8 cm³/mol. The average molecular weight is 244 g/mol. The summed E-state index contributed by atoms with van der Waals surface area (Å²) < 4.78 is 0. The van der Waals surface area contributed by atoms with Crippen molar-refractivity contribution in [1.29, 1.82) is 0 Å². The molecule has 3 nitrogen and oxygen atoms in total. The van der Waals surface area contributed by atoms with Crippen LogP contribution in [0.3, 0.4) is 0 Å². The van der Waals surface area contributed by atoms with Crippen molar-refractivity contribution >= 4 is 68.9 Å². The molecular formula is C9H17ClKN2O. The van der Waals surface area contributed by atoms with Crippen LogP contribution in [-0.4, -0.2) is 106 Å². The zero-order valence-corrected chi connectivity index (χ0v) is 13.0. The first kappa shape index (κ1) is 15.4. The molecule has 0 aromatic rings. The SMILES string of the molecule is CC(=O)N1CCN(CCCCl)CC1.[K]. The van der Waals surface area contributed by atoms with Crippen LogP contribution in [0.25, 0.3) is 0 Å². The summed E-state index contributed by atoms with van der Waals surface area (Å²) in [7, 11) is 0. The van der Waals surface area contributed by atoms with Gasteiger partial charge in [0.25, 0.3) is 0 Å². The summed E-state index contributed by atoms with van der Waals surface area (Å²) in [5.74, 6) is 0.921. The molecule has 5 heteroatoms. The number of carbonyl (C=O) groups is 1. The van der Waals surface area contributed by atoms with E-state index in [2.05, 4.69) is 4.90 Å². The number of rotatable bonds is 3. The quantitative estimate of drug-likeness (QED) is 0.529. The molecule has 0 N–H and O–H groups in total. The van der Waals surface area contributed by atoms with E-state index in [4.69, 9.17) is 11.6 Å². The molecule has 77 valence electrons. The van der Waals surface area contributed by atoms with Gasteiger partial charge in [0, 0.05) is 90.4 Å². The Morgan fingerprint density at radius 2 is 1.86 bits per heavy atom. The summed E-state index contributed by atoms with van der Waals surface area (Å²) >= 11 is 5.61. The van der Waals surface area contributed by atoms with Crippen LogP contribution in [0.1, 0.15) is 13.3 Å². The number of amides is 1. The first-order valence-corrected chi connectivity index (χ1v) is 5.31. The second-order valence-electron chi connectivity index (χ2n) is 3.39. The smallest absolute Gasteiger partial charge is 0.219 e. The molecule has 0 bridgehead atoms. The molecule has 1 radical (unpaired) electrons. The summed E-state index contributed by atoms with van der Waals surface area (Å²) in [4.78, 5) is 15.3. The number of alkyl halides is 1. The second-order valence-corrected chi connectivity index (χ2v) is 3.77. The van der Waals surface area contributed by atoms with Crippen LogP contribution in [0.4, 0.5) is 0 Å². The van der Waals surface area contributed by atoms with Crippen LogP contribution >= 0.6 is 11.6 Å². The maximum Gasteiger partial charge on any atom is 0.219 e. The molecule has 0 atom stereocenters. The van der Waals surface area contributed by atoms with Gasteiger partial charge < -0.3 is 4.90 Å². The van der Waals surface area contributed by atoms with Crippen LogP contribution in [0.15, 0.2) is 0 Å². The molecular weight excluding hydrogens is 227 g/mol. The summed E-state index contributed by atoms with van der Waals surface area (Å²) in [6.45, 7) is 6.44. The van der Waals surface area contributed by atoms with E-state index in [1.54, 1.807) is 6.92 Å². The van der Waals surface area contributed by atoms with E-state index in [9.17, 15) is 4.79 Å². The minimum atomic E-state index is 0. The maximum absolute atomic E-state index is 11.0. The van der Waals surface area contributed by atoms with Gasteiger partial charge in [-0.05, 0) is 13.0 Å². The Hall–Kier alpha value is 1.36. The Balaban J connectivity index is 0.00000169. The molecule has 1 aliphatic heterocycles. The van der Waals surface area contributed by atoms with Gasteiger partial charge in [0.05, 0.1) is 0 Å². The van der Waals surface area contributed by atoms with Crippen molar-refractivity contribution in [2.75, 3.05) is 38.6 Å². The van der Waals surface area contributed by atoms with Gasteiger partial charge in [-0.2, -0.15) is 0 Å². The largest absolute Gasteiger partial charge is 0.340 e. The van der Waals surface area contributed by atoms with E-state index in [0.29, 0.717) is 0 Å². The zero-order chi connectivity index (χ0) is 9.68. The van der Waals surface area contributed by atoms with E-state index in [0.717, 1.165) is 45.0 Å². The van der Waals surface area contributed by atoms with E-state index >= 15 is 0 Å². The van der Waals surface area contributed by atoms with Gasteiger partial charge in [0.1, 0.15) is 0 Å². The van der Waals surface area contributed by atoms with E-state index in [-0.39, 0.29) is 57.3 Å². The molecule has 1 saturated heterocycles. The fraction of sp³-hybridized carbons (Fsp3) is 0.889. The molecule has 0 saturated carbocycles.